The lowest BCUT2D eigenvalue weighted by Crippen LogP contribution is -2.30. The standard InChI is InChI=1S/C18H19ClF2N2O4S/c1-3-23(4-2)28(25,26)12-9-10-14(19)13(11-12)17(24)22-15-7-5-6-8-16(15)27-18(20)21/h5-11,18H,3-4H2,1-2H3,(H,22,24). The molecule has 0 aliphatic carbocycles. The number of anilines is 1. The van der Waals surface area contributed by atoms with Crippen LogP contribution in [0.5, 0.6) is 5.75 Å². The van der Waals surface area contributed by atoms with Crippen molar-refractivity contribution in [2.24, 2.45) is 0 Å². The zero-order valence-corrected chi connectivity index (χ0v) is 16.7. The van der Waals surface area contributed by atoms with E-state index in [9.17, 15) is 22.0 Å². The summed E-state index contributed by atoms with van der Waals surface area (Å²) in [5.74, 6) is -0.985. The largest absolute Gasteiger partial charge is 0.433 e. The Morgan fingerprint density at radius 2 is 1.82 bits per heavy atom. The molecule has 0 heterocycles. The van der Waals surface area contributed by atoms with Crippen LogP contribution < -0.4 is 10.1 Å². The van der Waals surface area contributed by atoms with Crippen molar-refractivity contribution in [3.05, 3.63) is 53.1 Å². The van der Waals surface area contributed by atoms with E-state index in [0.29, 0.717) is 0 Å². The first-order chi connectivity index (χ1) is 13.2. The zero-order chi connectivity index (χ0) is 20.9. The van der Waals surface area contributed by atoms with Crippen LogP contribution in [0.3, 0.4) is 0 Å². The molecule has 152 valence electrons. The number of rotatable bonds is 8. The van der Waals surface area contributed by atoms with E-state index in [1.165, 1.54) is 40.7 Å². The van der Waals surface area contributed by atoms with E-state index in [4.69, 9.17) is 11.6 Å². The van der Waals surface area contributed by atoms with Crippen LogP contribution in [0.2, 0.25) is 5.02 Å². The second-order valence-electron chi connectivity index (χ2n) is 5.56. The highest BCUT2D eigenvalue weighted by Crippen LogP contribution is 2.28. The number of amides is 1. The van der Waals surface area contributed by atoms with Gasteiger partial charge in [0.25, 0.3) is 5.91 Å². The first-order valence-electron chi connectivity index (χ1n) is 8.35. The molecule has 0 atom stereocenters. The topological polar surface area (TPSA) is 75.7 Å². The van der Waals surface area contributed by atoms with Crippen molar-refractivity contribution >= 4 is 33.2 Å². The number of hydrogen-bond acceptors (Lipinski definition) is 4. The lowest BCUT2D eigenvalue weighted by Gasteiger charge is -2.19. The summed E-state index contributed by atoms with van der Waals surface area (Å²) in [4.78, 5) is 12.5. The number of nitrogens with zero attached hydrogens (tertiary/aromatic N) is 1. The van der Waals surface area contributed by atoms with Gasteiger partial charge in [-0.05, 0) is 30.3 Å². The summed E-state index contributed by atoms with van der Waals surface area (Å²) in [5, 5.41) is 2.44. The third-order valence-corrected chi connectivity index (χ3v) is 6.25. The SMILES string of the molecule is CCN(CC)S(=O)(=O)c1ccc(Cl)c(C(=O)Nc2ccccc2OC(F)F)c1. The van der Waals surface area contributed by atoms with Crippen LogP contribution in [0.1, 0.15) is 24.2 Å². The fourth-order valence-electron chi connectivity index (χ4n) is 2.51. The molecule has 0 aromatic heterocycles. The van der Waals surface area contributed by atoms with Gasteiger partial charge in [0.2, 0.25) is 10.0 Å². The molecule has 10 heteroatoms. The molecule has 0 spiro atoms. The Morgan fingerprint density at radius 3 is 2.43 bits per heavy atom. The molecule has 1 amide bonds. The quantitative estimate of drug-likeness (QED) is 0.677. The lowest BCUT2D eigenvalue weighted by molar-refractivity contribution is -0.0493. The predicted molar refractivity (Wildman–Crippen MR) is 103 cm³/mol. The van der Waals surface area contributed by atoms with Gasteiger partial charge in [-0.3, -0.25) is 4.79 Å². The third-order valence-electron chi connectivity index (χ3n) is 3.88. The highest BCUT2D eigenvalue weighted by atomic mass is 35.5. The van der Waals surface area contributed by atoms with Gasteiger partial charge in [-0.1, -0.05) is 37.6 Å². The Bertz CT molecular complexity index is 950. The van der Waals surface area contributed by atoms with Gasteiger partial charge in [0, 0.05) is 13.1 Å². The van der Waals surface area contributed by atoms with Crippen LogP contribution in [0.15, 0.2) is 47.4 Å². The molecule has 1 N–H and O–H groups in total. The number of sulfonamides is 1. The van der Waals surface area contributed by atoms with Gasteiger partial charge in [-0.15, -0.1) is 0 Å². The van der Waals surface area contributed by atoms with E-state index in [0.717, 1.165) is 6.07 Å². The highest BCUT2D eigenvalue weighted by Gasteiger charge is 2.24. The fraction of sp³-hybridized carbons (Fsp3) is 0.278. The molecule has 28 heavy (non-hydrogen) atoms. The number of carbonyl (C=O) groups excluding carboxylic acids is 1. The number of nitrogens with one attached hydrogen (secondary N) is 1. The minimum absolute atomic E-state index is 0.000805. The molecule has 0 saturated carbocycles. The average molecular weight is 433 g/mol. The highest BCUT2D eigenvalue weighted by molar-refractivity contribution is 7.89. The lowest BCUT2D eigenvalue weighted by atomic mass is 10.2. The number of carbonyl (C=O) groups is 1. The van der Waals surface area contributed by atoms with Crippen LogP contribution in [-0.4, -0.2) is 38.3 Å². The molecule has 0 aliphatic heterocycles. The zero-order valence-electron chi connectivity index (χ0n) is 15.2. The Labute approximate surface area is 167 Å². The predicted octanol–water partition coefficient (Wildman–Crippen LogP) is 4.22. The third kappa shape index (κ3) is 4.98. The van der Waals surface area contributed by atoms with E-state index >= 15 is 0 Å². The maximum absolute atomic E-state index is 12.7. The molecule has 2 aromatic carbocycles. The van der Waals surface area contributed by atoms with E-state index in [2.05, 4.69) is 10.1 Å². The molecule has 2 rings (SSSR count). The van der Waals surface area contributed by atoms with Crippen molar-refractivity contribution in [2.75, 3.05) is 18.4 Å². The van der Waals surface area contributed by atoms with Gasteiger partial charge in [0.05, 0.1) is 21.2 Å². The number of halogens is 3. The summed E-state index contributed by atoms with van der Waals surface area (Å²) in [6.07, 6.45) is 0. The summed E-state index contributed by atoms with van der Waals surface area (Å²) in [7, 11) is -3.80. The number of ether oxygens (including phenoxy) is 1. The Morgan fingerprint density at radius 1 is 1.18 bits per heavy atom. The molecular weight excluding hydrogens is 414 g/mol. The molecule has 0 unspecified atom stereocenters. The molecule has 0 saturated heterocycles. The molecule has 0 fully saturated rings. The molecule has 0 bridgehead atoms. The van der Waals surface area contributed by atoms with Crippen LogP contribution in [0.25, 0.3) is 0 Å². The van der Waals surface area contributed by atoms with Gasteiger partial charge in [0.1, 0.15) is 5.75 Å². The molecule has 2 aromatic rings. The Kier molecular flexibility index (Phi) is 7.34. The first kappa shape index (κ1) is 22.1. The summed E-state index contributed by atoms with van der Waals surface area (Å²) in [6.45, 7) is 0.863. The van der Waals surface area contributed by atoms with Gasteiger partial charge < -0.3 is 10.1 Å². The summed E-state index contributed by atoms with van der Waals surface area (Å²) in [6, 6.07) is 9.40. The van der Waals surface area contributed by atoms with Crippen LogP contribution in [0, 0.1) is 0 Å². The molecule has 0 aliphatic rings. The minimum atomic E-state index is -3.80. The average Bonchev–Trinajstić information content (AvgIpc) is 2.63. The van der Waals surface area contributed by atoms with Crippen molar-refractivity contribution in [2.45, 2.75) is 25.4 Å². The Balaban J connectivity index is 2.37. The van der Waals surface area contributed by atoms with Crippen molar-refractivity contribution < 1.29 is 26.7 Å². The van der Waals surface area contributed by atoms with Crippen LogP contribution in [-0.2, 0) is 10.0 Å². The molecule has 6 nitrogen and oxygen atoms in total. The molecule has 0 radical (unpaired) electrons. The van der Waals surface area contributed by atoms with Crippen molar-refractivity contribution in [3.63, 3.8) is 0 Å². The van der Waals surface area contributed by atoms with Gasteiger partial charge in [-0.25, -0.2) is 8.42 Å². The van der Waals surface area contributed by atoms with E-state index < -0.39 is 22.5 Å². The minimum Gasteiger partial charge on any atom is -0.433 e. The Hall–Kier alpha value is -2.23. The van der Waals surface area contributed by atoms with E-state index in [1.54, 1.807) is 13.8 Å². The maximum atomic E-state index is 12.7. The number of hydrogen-bond donors (Lipinski definition) is 1. The number of benzene rings is 2. The summed E-state index contributed by atoms with van der Waals surface area (Å²) in [5.41, 5.74) is -0.109. The van der Waals surface area contributed by atoms with E-state index in [-0.39, 0.29) is 40.0 Å². The summed E-state index contributed by atoms with van der Waals surface area (Å²) >= 11 is 6.06. The van der Waals surface area contributed by atoms with Crippen LogP contribution in [0.4, 0.5) is 14.5 Å². The maximum Gasteiger partial charge on any atom is 0.387 e. The van der Waals surface area contributed by atoms with E-state index in [1.807, 2.05) is 0 Å². The second kappa shape index (κ2) is 9.31. The van der Waals surface area contributed by atoms with Gasteiger partial charge in [-0.2, -0.15) is 13.1 Å². The smallest absolute Gasteiger partial charge is 0.387 e. The van der Waals surface area contributed by atoms with Crippen LogP contribution >= 0.6 is 11.6 Å². The molecular formula is C18H19ClF2N2O4S. The van der Waals surface area contributed by atoms with Crippen molar-refractivity contribution in [1.29, 1.82) is 0 Å². The monoisotopic (exact) mass is 432 g/mol. The normalized spacial score (nSPS) is 11.7. The van der Waals surface area contributed by atoms with Gasteiger partial charge >= 0.3 is 6.61 Å². The number of para-hydroxylation sites is 2. The van der Waals surface area contributed by atoms with Crippen molar-refractivity contribution in [3.8, 4) is 5.75 Å². The first-order valence-corrected chi connectivity index (χ1v) is 10.2. The second-order valence-corrected chi connectivity index (χ2v) is 7.90. The van der Waals surface area contributed by atoms with Crippen molar-refractivity contribution in [1.82, 2.24) is 4.31 Å². The number of alkyl halides is 2. The van der Waals surface area contributed by atoms with Gasteiger partial charge in [0.15, 0.2) is 0 Å². The fourth-order valence-corrected chi connectivity index (χ4v) is 4.20. The summed E-state index contributed by atoms with van der Waals surface area (Å²) < 4.78 is 56.0.